The normalized spacial score (nSPS) is 13.6. The Bertz CT molecular complexity index is 1040. The largest absolute Gasteiger partial charge is 0.354 e. The predicted molar refractivity (Wildman–Crippen MR) is 133 cm³/mol. The van der Waals surface area contributed by atoms with E-state index in [1.54, 1.807) is 36.1 Å². The molecule has 0 saturated heterocycles. The first-order valence-electron chi connectivity index (χ1n) is 11.6. The molecule has 1 heterocycles. The first-order chi connectivity index (χ1) is 16.3. The standard InChI is InChI=1S/C26H30BrN3O4/c1-3-4-14-28-24(32)18(2)30(17-19-9-7-10-20(27)16-19)23(31)13-8-15-29-25(33)21-11-5-6-12-22(21)26(29)34/h5-7,9-12,16,18H,3-4,8,13-15,17H2,1-2H3,(H,28,32). The summed E-state index contributed by atoms with van der Waals surface area (Å²) >= 11 is 3.45. The number of rotatable bonds is 11. The van der Waals surface area contributed by atoms with Gasteiger partial charge in [0.1, 0.15) is 6.04 Å². The van der Waals surface area contributed by atoms with Crippen molar-refractivity contribution in [1.82, 2.24) is 15.1 Å². The molecule has 7 nitrogen and oxygen atoms in total. The van der Waals surface area contributed by atoms with Crippen molar-refractivity contribution < 1.29 is 19.2 Å². The minimum absolute atomic E-state index is 0.119. The molecule has 1 N–H and O–H groups in total. The third kappa shape index (κ3) is 6.11. The van der Waals surface area contributed by atoms with Gasteiger partial charge < -0.3 is 10.2 Å². The number of unbranched alkanes of at least 4 members (excludes halogenated alkanes) is 1. The van der Waals surface area contributed by atoms with Crippen LogP contribution in [0.5, 0.6) is 0 Å². The lowest BCUT2D eigenvalue weighted by molar-refractivity contribution is -0.140. The lowest BCUT2D eigenvalue weighted by Crippen LogP contribution is -2.48. The molecule has 4 amide bonds. The van der Waals surface area contributed by atoms with E-state index in [0.29, 0.717) is 24.1 Å². The third-order valence-electron chi connectivity index (χ3n) is 5.89. The fraction of sp³-hybridized carbons (Fsp3) is 0.385. The Balaban J connectivity index is 1.65. The predicted octanol–water partition coefficient (Wildman–Crippen LogP) is 4.16. The van der Waals surface area contributed by atoms with Gasteiger partial charge in [-0.1, -0.05) is 53.5 Å². The summed E-state index contributed by atoms with van der Waals surface area (Å²) in [5.41, 5.74) is 1.69. The Labute approximate surface area is 208 Å². The molecule has 2 aromatic carbocycles. The van der Waals surface area contributed by atoms with Crippen molar-refractivity contribution in [3.8, 4) is 0 Å². The number of fused-ring (bicyclic) bond motifs is 1. The number of nitrogens with zero attached hydrogens (tertiary/aromatic N) is 2. The van der Waals surface area contributed by atoms with Crippen LogP contribution in [0.4, 0.5) is 0 Å². The molecule has 0 saturated carbocycles. The van der Waals surface area contributed by atoms with Crippen molar-refractivity contribution >= 4 is 39.6 Å². The number of hydrogen-bond donors (Lipinski definition) is 1. The summed E-state index contributed by atoms with van der Waals surface area (Å²) in [6, 6.07) is 13.7. The Morgan fingerprint density at radius 1 is 1.03 bits per heavy atom. The van der Waals surface area contributed by atoms with Crippen LogP contribution in [0.15, 0.2) is 53.0 Å². The topological polar surface area (TPSA) is 86.8 Å². The molecule has 180 valence electrons. The maximum absolute atomic E-state index is 13.2. The summed E-state index contributed by atoms with van der Waals surface area (Å²) in [6.07, 6.45) is 2.28. The van der Waals surface area contributed by atoms with E-state index >= 15 is 0 Å². The molecule has 0 aliphatic carbocycles. The van der Waals surface area contributed by atoms with Gasteiger partial charge in [-0.05, 0) is 49.6 Å². The van der Waals surface area contributed by atoms with Gasteiger partial charge in [-0.15, -0.1) is 0 Å². The van der Waals surface area contributed by atoms with Gasteiger partial charge in [0.15, 0.2) is 0 Å². The quantitative estimate of drug-likeness (QED) is 0.351. The molecule has 0 radical (unpaired) electrons. The van der Waals surface area contributed by atoms with Crippen LogP contribution in [0.3, 0.4) is 0 Å². The van der Waals surface area contributed by atoms with E-state index in [0.717, 1.165) is 22.9 Å². The smallest absolute Gasteiger partial charge is 0.261 e. The van der Waals surface area contributed by atoms with Gasteiger partial charge in [0.05, 0.1) is 11.1 Å². The molecule has 0 bridgehead atoms. The minimum atomic E-state index is -0.650. The van der Waals surface area contributed by atoms with Gasteiger partial charge >= 0.3 is 0 Å². The third-order valence-corrected chi connectivity index (χ3v) is 6.38. The summed E-state index contributed by atoms with van der Waals surface area (Å²) < 4.78 is 0.892. The summed E-state index contributed by atoms with van der Waals surface area (Å²) in [4.78, 5) is 53.8. The number of nitrogens with one attached hydrogen (secondary N) is 1. The van der Waals surface area contributed by atoms with Crippen molar-refractivity contribution in [3.63, 3.8) is 0 Å². The zero-order valence-electron chi connectivity index (χ0n) is 19.6. The maximum Gasteiger partial charge on any atom is 0.261 e. The van der Waals surface area contributed by atoms with Crippen molar-refractivity contribution in [2.24, 2.45) is 0 Å². The van der Waals surface area contributed by atoms with Crippen LogP contribution in [0.2, 0.25) is 0 Å². The first kappa shape index (κ1) is 25.6. The summed E-state index contributed by atoms with van der Waals surface area (Å²) in [7, 11) is 0. The van der Waals surface area contributed by atoms with E-state index in [1.807, 2.05) is 31.2 Å². The van der Waals surface area contributed by atoms with Gasteiger partial charge in [0.2, 0.25) is 11.8 Å². The number of hydrogen-bond acceptors (Lipinski definition) is 4. The van der Waals surface area contributed by atoms with E-state index in [-0.39, 0.29) is 43.1 Å². The van der Waals surface area contributed by atoms with Crippen LogP contribution in [0.25, 0.3) is 0 Å². The highest BCUT2D eigenvalue weighted by atomic mass is 79.9. The van der Waals surface area contributed by atoms with Gasteiger partial charge in [-0.25, -0.2) is 0 Å². The zero-order valence-corrected chi connectivity index (χ0v) is 21.1. The number of halogens is 1. The second kappa shape index (κ2) is 11.9. The number of carbonyl (C=O) groups excluding carboxylic acids is 4. The summed E-state index contributed by atoms with van der Waals surface area (Å²) in [5.74, 6) is -1.06. The Morgan fingerprint density at radius 2 is 1.71 bits per heavy atom. The molecule has 34 heavy (non-hydrogen) atoms. The highest BCUT2D eigenvalue weighted by Crippen LogP contribution is 2.23. The van der Waals surface area contributed by atoms with Gasteiger partial charge in [-0.3, -0.25) is 24.1 Å². The number of imide groups is 1. The fourth-order valence-corrected chi connectivity index (χ4v) is 4.37. The molecule has 2 aromatic rings. The van der Waals surface area contributed by atoms with Crippen LogP contribution in [0.1, 0.15) is 65.8 Å². The molecular formula is C26H30BrN3O4. The minimum Gasteiger partial charge on any atom is -0.354 e. The van der Waals surface area contributed by atoms with Crippen LogP contribution >= 0.6 is 15.9 Å². The number of benzene rings is 2. The molecule has 1 unspecified atom stereocenters. The molecule has 0 fully saturated rings. The van der Waals surface area contributed by atoms with E-state index in [9.17, 15) is 19.2 Å². The van der Waals surface area contributed by atoms with Crippen LogP contribution in [-0.4, -0.2) is 52.6 Å². The van der Waals surface area contributed by atoms with Crippen LogP contribution < -0.4 is 5.32 Å². The van der Waals surface area contributed by atoms with Crippen LogP contribution in [-0.2, 0) is 16.1 Å². The monoisotopic (exact) mass is 527 g/mol. The van der Waals surface area contributed by atoms with E-state index < -0.39 is 6.04 Å². The van der Waals surface area contributed by atoms with Gasteiger partial charge in [-0.2, -0.15) is 0 Å². The average molecular weight is 528 g/mol. The van der Waals surface area contributed by atoms with Crippen molar-refractivity contribution in [2.45, 2.75) is 52.1 Å². The highest BCUT2D eigenvalue weighted by Gasteiger charge is 2.35. The average Bonchev–Trinajstić information content (AvgIpc) is 3.07. The van der Waals surface area contributed by atoms with Gasteiger partial charge in [0.25, 0.3) is 11.8 Å². The van der Waals surface area contributed by atoms with Crippen molar-refractivity contribution in [2.75, 3.05) is 13.1 Å². The van der Waals surface area contributed by atoms with Gasteiger partial charge in [0, 0.05) is 30.5 Å². The Morgan fingerprint density at radius 3 is 2.32 bits per heavy atom. The first-order valence-corrected chi connectivity index (χ1v) is 12.4. The molecule has 3 rings (SSSR count). The summed E-state index contributed by atoms with van der Waals surface area (Å²) in [6.45, 7) is 4.78. The van der Waals surface area contributed by atoms with Crippen molar-refractivity contribution in [3.05, 3.63) is 69.7 Å². The number of carbonyl (C=O) groups is 4. The highest BCUT2D eigenvalue weighted by molar-refractivity contribution is 9.10. The number of amides is 4. The molecule has 1 aliphatic rings. The lowest BCUT2D eigenvalue weighted by atomic mass is 10.1. The van der Waals surface area contributed by atoms with Crippen molar-refractivity contribution in [1.29, 1.82) is 0 Å². The molecule has 0 aromatic heterocycles. The second-order valence-electron chi connectivity index (χ2n) is 8.38. The molecule has 1 aliphatic heterocycles. The Hall–Kier alpha value is -3.00. The van der Waals surface area contributed by atoms with E-state index in [1.165, 1.54) is 4.90 Å². The van der Waals surface area contributed by atoms with E-state index in [2.05, 4.69) is 21.2 Å². The second-order valence-corrected chi connectivity index (χ2v) is 9.30. The molecule has 8 heteroatoms. The van der Waals surface area contributed by atoms with E-state index in [4.69, 9.17) is 0 Å². The Kier molecular flexibility index (Phi) is 8.98. The molecule has 0 spiro atoms. The van der Waals surface area contributed by atoms with Crippen LogP contribution in [0, 0.1) is 0 Å². The molecular weight excluding hydrogens is 498 g/mol. The fourth-order valence-electron chi connectivity index (χ4n) is 3.92. The zero-order chi connectivity index (χ0) is 24.7. The SMILES string of the molecule is CCCCNC(=O)C(C)N(Cc1cccc(Br)c1)C(=O)CCCN1C(=O)c2ccccc2C1=O. The lowest BCUT2D eigenvalue weighted by Gasteiger charge is -2.29. The molecule has 1 atom stereocenters. The summed E-state index contributed by atoms with van der Waals surface area (Å²) in [5, 5.41) is 2.90. The maximum atomic E-state index is 13.2.